The second kappa shape index (κ2) is 6.67. The molecule has 2 aromatic rings. The van der Waals surface area contributed by atoms with E-state index < -0.39 is 5.97 Å². The van der Waals surface area contributed by atoms with E-state index in [1.54, 1.807) is 12.1 Å². The normalized spacial score (nSPS) is 24.4. The van der Waals surface area contributed by atoms with Crippen LogP contribution in [-0.2, 0) is 11.2 Å². The Morgan fingerprint density at radius 2 is 1.73 bits per heavy atom. The van der Waals surface area contributed by atoms with Crippen LogP contribution in [-0.4, -0.2) is 23.3 Å². The number of fused-ring (bicyclic) bond motifs is 3. The third-order valence-electron chi connectivity index (χ3n) is 6.16. The van der Waals surface area contributed by atoms with E-state index >= 15 is 0 Å². The zero-order chi connectivity index (χ0) is 18.3. The highest BCUT2D eigenvalue weighted by Crippen LogP contribution is 2.52. The number of aromatic hydroxyl groups is 2. The van der Waals surface area contributed by atoms with Gasteiger partial charge in [-0.25, -0.2) is 4.79 Å². The van der Waals surface area contributed by atoms with Gasteiger partial charge in [0.05, 0.1) is 12.7 Å². The topological polar surface area (TPSA) is 66.8 Å². The van der Waals surface area contributed by atoms with Crippen molar-refractivity contribution in [3.8, 4) is 11.5 Å². The van der Waals surface area contributed by atoms with Crippen molar-refractivity contribution in [1.82, 2.24) is 0 Å². The van der Waals surface area contributed by atoms with Gasteiger partial charge in [0.15, 0.2) is 0 Å². The van der Waals surface area contributed by atoms with Crippen LogP contribution in [0.25, 0.3) is 0 Å². The standard InChI is InChI=1S/C22H24O4/c1-26-22(25)21-11-15(24)10-19-17-5-3-2-4-16(17)18(12-20(19)21)13-6-8-14(23)9-7-13/h6-11,16-18,23-24H,2-5,12H2,1H3/t16-,17+,18-/m0/s1. The third-order valence-corrected chi connectivity index (χ3v) is 6.16. The second-order valence-electron chi connectivity index (χ2n) is 7.51. The number of phenols is 2. The van der Waals surface area contributed by atoms with Gasteiger partial charge >= 0.3 is 5.97 Å². The summed E-state index contributed by atoms with van der Waals surface area (Å²) in [4.78, 5) is 12.3. The van der Waals surface area contributed by atoms with Crippen molar-refractivity contribution in [2.45, 2.75) is 43.9 Å². The molecule has 2 aliphatic rings. The molecule has 4 nitrogen and oxygen atoms in total. The monoisotopic (exact) mass is 352 g/mol. The highest BCUT2D eigenvalue weighted by molar-refractivity contribution is 5.92. The lowest BCUT2D eigenvalue weighted by Crippen LogP contribution is -2.32. The molecule has 3 atom stereocenters. The zero-order valence-corrected chi connectivity index (χ0v) is 14.9. The first-order valence-electron chi connectivity index (χ1n) is 9.31. The lowest BCUT2D eigenvalue weighted by Gasteiger charge is -2.43. The number of rotatable bonds is 2. The van der Waals surface area contributed by atoms with Crippen LogP contribution in [0.2, 0.25) is 0 Å². The summed E-state index contributed by atoms with van der Waals surface area (Å²) in [7, 11) is 1.38. The molecule has 1 saturated carbocycles. The van der Waals surface area contributed by atoms with E-state index in [0.29, 0.717) is 23.3 Å². The highest BCUT2D eigenvalue weighted by atomic mass is 16.5. The van der Waals surface area contributed by atoms with E-state index in [2.05, 4.69) is 0 Å². The third kappa shape index (κ3) is 2.83. The number of esters is 1. The van der Waals surface area contributed by atoms with Crippen LogP contribution in [0.15, 0.2) is 36.4 Å². The molecule has 0 spiro atoms. The van der Waals surface area contributed by atoms with Gasteiger partial charge in [0.2, 0.25) is 0 Å². The van der Waals surface area contributed by atoms with Crippen LogP contribution in [0.3, 0.4) is 0 Å². The Kier molecular flexibility index (Phi) is 4.35. The Balaban J connectivity index is 1.84. The molecule has 136 valence electrons. The molecule has 0 bridgehead atoms. The van der Waals surface area contributed by atoms with Crippen LogP contribution in [0, 0.1) is 5.92 Å². The van der Waals surface area contributed by atoms with E-state index in [-0.39, 0.29) is 11.5 Å². The predicted molar refractivity (Wildman–Crippen MR) is 98.7 cm³/mol. The minimum Gasteiger partial charge on any atom is -0.508 e. The van der Waals surface area contributed by atoms with E-state index in [9.17, 15) is 15.0 Å². The molecule has 2 aliphatic carbocycles. The van der Waals surface area contributed by atoms with Gasteiger partial charge in [-0.15, -0.1) is 0 Å². The second-order valence-corrected chi connectivity index (χ2v) is 7.51. The van der Waals surface area contributed by atoms with Crippen LogP contribution in [0.1, 0.15) is 64.6 Å². The van der Waals surface area contributed by atoms with Crippen LogP contribution < -0.4 is 0 Å². The first-order valence-corrected chi connectivity index (χ1v) is 9.31. The summed E-state index contributed by atoms with van der Waals surface area (Å²) in [5.41, 5.74) is 3.81. The Morgan fingerprint density at radius 1 is 1.00 bits per heavy atom. The molecular weight excluding hydrogens is 328 g/mol. The van der Waals surface area contributed by atoms with Crippen molar-refractivity contribution in [1.29, 1.82) is 0 Å². The maximum absolute atomic E-state index is 12.3. The van der Waals surface area contributed by atoms with Crippen LogP contribution in [0.4, 0.5) is 0 Å². The van der Waals surface area contributed by atoms with Crippen molar-refractivity contribution in [2.75, 3.05) is 7.11 Å². The zero-order valence-electron chi connectivity index (χ0n) is 14.9. The van der Waals surface area contributed by atoms with Gasteiger partial charge < -0.3 is 14.9 Å². The molecule has 0 unspecified atom stereocenters. The molecule has 26 heavy (non-hydrogen) atoms. The van der Waals surface area contributed by atoms with E-state index in [1.165, 1.54) is 31.6 Å². The maximum Gasteiger partial charge on any atom is 0.338 e. The average molecular weight is 352 g/mol. The molecule has 1 fully saturated rings. The number of methoxy groups -OCH3 is 1. The quantitative estimate of drug-likeness (QED) is 0.781. The summed E-state index contributed by atoms with van der Waals surface area (Å²) in [6, 6.07) is 10.8. The molecule has 2 aromatic carbocycles. The molecule has 0 aromatic heterocycles. The first-order chi connectivity index (χ1) is 12.6. The average Bonchev–Trinajstić information content (AvgIpc) is 2.67. The molecule has 0 heterocycles. The van der Waals surface area contributed by atoms with Crippen LogP contribution in [0.5, 0.6) is 11.5 Å². The SMILES string of the molecule is COC(=O)c1cc(O)cc2c1C[C@@H](c1ccc(O)cc1)[C@H]1CCCC[C@@H]21. The Labute approximate surface area is 153 Å². The number of carbonyl (C=O) groups is 1. The fourth-order valence-electron chi connectivity index (χ4n) is 5.01. The summed E-state index contributed by atoms with van der Waals surface area (Å²) in [6.45, 7) is 0. The minimum atomic E-state index is -0.393. The summed E-state index contributed by atoms with van der Waals surface area (Å²) >= 11 is 0. The Morgan fingerprint density at radius 3 is 2.46 bits per heavy atom. The van der Waals surface area contributed by atoms with Gasteiger partial charge in [-0.05, 0) is 78.0 Å². The number of benzene rings is 2. The molecule has 4 rings (SSSR count). The molecule has 0 amide bonds. The summed E-state index contributed by atoms with van der Waals surface area (Å²) < 4.78 is 4.97. The first kappa shape index (κ1) is 17.0. The minimum absolute atomic E-state index is 0.136. The summed E-state index contributed by atoms with van der Waals surface area (Å²) in [5, 5.41) is 19.8. The lowest BCUT2D eigenvalue weighted by atomic mass is 9.61. The molecule has 0 saturated heterocycles. The molecule has 0 aliphatic heterocycles. The maximum atomic E-state index is 12.3. The van der Waals surface area contributed by atoms with Crippen molar-refractivity contribution < 1.29 is 19.7 Å². The van der Waals surface area contributed by atoms with Gasteiger partial charge in [0, 0.05) is 0 Å². The van der Waals surface area contributed by atoms with E-state index in [0.717, 1.165) is 30.4 Å². The van der Waals surface area contributed by atoms with Gasteiger partial charge in [0.25, 0.3) is 0 Å². The van der Waals surface area contributed by atoms with E-state index in [1.807, 2.05) is 18.2 Å². The van der Waals surface area contributed by atoms with Crippen molar-refractivity contribution >= 4 is 5.97 Å². The van der Waals surface area contributed by atoms with Gasteiger partial charge in [-0.1, -0.05) is 25.0 Å². The van der Waals surface area contributed by atoms with Crippen molar-refractivity contribution in [3.05, 3.63) is 58.7 Å². The Hall–Kier alpha value is -2.49. The molecule has 0 radical (unpaired) electrons. The van der Waals surface area contributed by atoms with Gasteiger partial charge in [-0.3, -0.25) is 0 Å². The Bertz CT molecular complexity index is 825. The molecule has 2 N–H and O–H groups in total. The smallest absolute Gasteiger partial charge is 0.338 e. The fraction of sp³-hybridized carbons (Fsp3) is 0.409. The number of carbonyl (C=O) groups excluding carboxylic acids is 1. The van der Waals surface area contributed by atoms with Crippen LogP contribution >= 0.6 is 0 Å². The van der Waals surface area contributed by atoms with Gasteiger partial charge in [-0.2, -0.15) is 0 Å². The summed E-state index contributed by atoms with van der Waals surface area (Å²) in [6.07, 6.45) is 5.38. The number of hydrogen-bond acceptors (Lipinski definition) is 4. The van der Waals surface area contributed by atoms with Crippen molar-refractivity contribution in [2.24, 2.45) is 5.92 Å². The van der Waals surface area contributed by atoms with E-state index in [4.69, 9.17) is 4.74 Å². The van der Waals surface area contributed by atoms with Crippen molar-refractivity contribution in [3.63, 3.8) is 0 Å². The molecular formula is C22H24O4. The molecule has 4 heteroatoms. The lowest BCUT2D eigenvalue weighted by molar-refractivity contribution is 0.0597. The highest BCUT2D eigenvalue weighted by Gasteiger charge is 2.40. The number of hydrogen-bond donors (Lipinski definition) is 2. The summed E-state index contributed by atoms with van der Waals surface area (Å²) in [5.74, 6) is 1.16. The largest absolute Gasteiger partial charge is 0.508 e. The predicted octanol–water partition coefficient (Wildman–Crippen LogP) is 4.50. The number of phenolic OH excluding ortho intramolecular Hbond substituents is 2. The van der Waals surface area contributed by atoms with Gasteiger partial charge in [0.1, 0.15) is 11.5 Å². The number of ether oxygens (including phenoxy) is 1. The fourth-order valence-corrected chi connectivity index (χ4v) is 5.01.